The van der Waals surface area contributed by atoms with Crippen LogP contribution < -0.4 is 5.32 Å². The summed E-state index contributed by atoms with van der Waals surface area (Å²) < 4.78 is 4.98. The van der Waals surface area contributed by atoms with Crippen molar-refractivity contribution >= 4 is 11.6 Å². The van der Waals surface area contributed by atoms with Gasteiger partial charge in [-0.05, 0) is 12.5 Å². The van der Waals surface area contributed by atoms with Crippen molar-refractivity contribution < 1.29 is 14.2 Å². The lowest BCUT2D eigenvalue weighted by Gasteiger charge is -2.03. The standard InChI is InChI=1S/C13H14N4O4/c1-2-5-12-15-11(16-21-12)8-14-13(18)9-6-3-4-7-10(9)17(19)20/h3-4,6-7H,2,5,8H2,1H3,(H,14,18). The summed E-state index contributed by atoms with van der Waals surface area (Å²) in [6.45, 7) is 2.04. The van der Waals surface area contributed by atoms with Crippen LogP contribution >= 0.6 is 0 Å². The number of nitro groups is 1. The van der Waals surface area contributed by atoms with Crippen LogP contribution in [0.3, 0.4) is 0 Å². The highest BCUT2D eigenvalue weighted by Crippen LogP contribution is 2.17. The van der Waals surface area contributed by atoms with Gasteiger partial charge in [-0.1, -0.05) is 24.2 Å². The highest BCUT2D eigenvalue weighted by atomic mass is 16.6. The van der Waals surface area contributed by atoms with Crippen LogP contribution in [-0.2, 0) is 13.0 Å². The Balaban J connectivity index is 2.03. The number of hydrogen-bond donors (Lipinski definition) is 1. The summed E-state index contributed by atoms with van der Waals surface area (Å²) >= 11 is 0. The van der Waals surface area contributed by atoms with E-state index >= 15 is 0 Å². The maximum atomic E-state index is 12.0. The molecule has 0 saturated heterocycles. The van der Waals surface area contributed by atoms with Gasteiger partial charge in [0.25, 0.3) is 11.6 Å². The summed E-state index contributed by atoms with van der Waals surface area (Å²) in [6.07, 6.45) is 1.55. The molecule has 0 aliphatic rings. The van der Waals surface area contributed by atoms with E-state index in [9.17, 15) is 14.9 Å². The summed E-state index contributed by atoms with van der Waals surface area (Å²) in [6, 6.07) is 5.75. The number of hydrogen-bond acceptors (Lipinski definition) is 6. The van der Waals surface area contributed by atoms with Crippen LogP contribution in [0.4, 0.5) is 5.69 Å². The molecule has 0 radical (unpaired) electrons. The third-order valence-electron chi connectivity index (χ3n) is 2.73. The number of carbonyl (C=O) groups excluding carboxylic acids is 1. The van der Waals surface area contributed by atoms with Gasteiger partial charge in [0, 0.05) is 12.5 Å². The number of amides is 1. The van der Waals surface area contributed by atoms with Crippen molar-refractivity contribution in [1.29, 1.82) is 0 Å². The van der Waals surface area contributed by atoms with Crippen LogP contribution in [0.2, 0.25) is 0 Å². The Morgan fingerprint density at radius 3 is 2.90 bits per heavy atom. The molecule has 0 spiro atoms. The maximum Gasteiger partial charge on any atom is 0.282 e. The summed E-state index contributed by atoms with van der Waals surface area (Å²) in [5.41, 5.74) is -0.241. The fraction of sp³-hybridized carbons (Fsp3) is 0.308. The van der Waals surface area contributed by atoms with Crippen LogP contribution in [0.25, 0.3) is 0 Å². The number of aromatic nitrogens is 2. The minimum Gasteiger partial charge on any atom is -0.344 e. The minimum atomic E-state index is -0.595. The zero-order valence-corrected chi connectivity index (χ0v) is 11.4. The Hall–Kier alpha value is -2.77. The van der Waals surface area contributed by atoms with Crippen LogP contribution in [0.1, 0.15) is 35.4 Å². The lowest BCUT2D eigenvalue weighted by atomic mass is 10.1. The lowest BCUT2D eigenvalue weighted by molar-refractivity contribution is -0.385. The molecule has 0 aliphatic carbocycles. The number of rotatable bonds is 6. The van der Waals surface area contributed by atoms with Crippen molar-refractivity contribution in [3.8, 4) is 0 Å². The maximum absolute atomic E-state index is 12.0. The second-order valence-corrected chi connectivity index (χ2v) is 4.31. The fourth-order valence-electron chi connectivity index (χ4n) is 1.76. The van der Waals surface area contributed by atoms with Crippen molar-refractivity contribution in [2.45, 2.75) is 26.3 Å². The number of aryl methyl sites for hydroxylation is 1. The highest BCUT2D eigenvalue weighted by Gasteiger charge is 2.19. The second kappa shape index (κ2) is 6.60. The first kappa shape index (κ1) is 14.6. The molecule has 1 aromatic heterocycles. The van der Waals surface area contributed by atoms with Crippen molar-refractivity contribution in [3.63, 3.8) is 0 Å². The van der Waals surface area contributed by atoms with E-state index in [1.165, 1.54) is 18.2 Å². The minimum absolute atomic E-state index is 0.000207. The lowest BCUT2D eigenvalue weighted by Crippen LogP contribution is -2.24. The number of nitrogens with zero attached hydrogens (tertiary/aromatic N) is 3. The number of nitrogens with one attached hydrogen (secondary N) is 1. The van der Waals surface area contributed by atoms with Crippen LogP contribution in [0.15, 0.2) is 28.8 Å². The van der Waals surface area contributed by atoms with E-state index in [2.05, 4.69) is 15.5 Å². The van der Waals surface area contributed by atoms with Crippen molar-refractivity contribution in [3.05, 3.63) is 51.7 Å². The van der Waals surface area contributed by atoms with Gasteiger partial charge in [0.15, 0.2) is 5.82 Å². The van der Waals surface area contributed by atoms with E-state index in [0.717, 1.165) is 6.42 Å². The third-order valence-corrected chi connectivity index (χ3v) is 2.73. The SMILES string of the molecule is CCCc1nc(CNC(=O)c2ccccc2[N+](=O)[O-])no1. The quantitative estimate of drug-likeness (QED) is 0.642. The molecule has 0 atom stereocenters. The van der Waals surface area contributed by atoms with Gasteiger partial charge in [0.05, 0.1) is 11.5 Å². The van der Waals surface area contributed by atoms with Gasteiger partial charge in [-0.25, -0.2) is 0 Å². The predicted octanol–water partition coefficient (Wildman–Crippen LogP) is 1.86. The van der Waals surface area contributed by atoms with Gasteiger partial charge in [0.1, 0.15) is 5.56 Å². The van der Waals surface area contributed by atoms with E-state index in [1.54, 1.807) is 6.07 Å². The first-order chi connectivity index (χ1) is 10.1. The largest absolute Gasteiger partial charge is 0.344 e. The molecule has 110 valence electrons. The van der Waals surface area contributed by atoms with Crippen LogP contribution in [-0.4, -0.2) is 21.0 Å². The van der Waals surface area contributed by atoms with E-state index in [1.807, 2.05) is 6.92 Å². The first-order valence-corrected chi connectivity index (χ1v) is 6.45. The molecule has 0 aliphatic heterocycles. The summed E-state index contributed by atoms with van der Waals surface area (Å²) in [5, 5.41) is 17.1. The summed E-state index contributed by atoms with van der Waals surface area (Å²) in [7, 11) is 0. The molecule has 1 aromatic carbocycles. The highest BCUT2D eigenvalue weighted by molar-refractivity contribution is 5.97. The molecular formula is C13H14N4O4. The second-order valence-electron chi connectivity index (χ2n) is 4.31. The molecule has 0 saturated carbocycles. The van der Waals surface area contributed by atoms with Gasteiger partial charge >= 0.3 is 0 Å². The average Bonchev–Trinajstić information content (AvgIpc) is 2.93. The van der Waals surface area contributed by atoms with Gasteiger partial charge in [-0.15, -0.1) is 0 Å². The van der Waals surface area contributed by atoms with Crippen molar-refractivity contribution in [2.75, 3.05) is 0 Å². The average molecular weight is 290 g/mol. The van der Waals surface area contributed by atoms with Gasteiger partial charge in [-0.2, -0.15) is 4.98 Å². The topological polar surface area (TPSA) is 111 Å². The zero-order chi connectivity index (χ0) is 15.2. The van der Waals surface area contributed by atoms with Crippen molar-refractivity contribution in [2.24, 2.45) is 0 Å². The van der Waals surface area contributed by atoms with E-state index in [0.29, 0.717) is 18.1 Å². The molecule has 0 bridgehead atoms. The van der Waals surface area contributed by atoms with E-state index < -0.39 is 10.8 Å². The monoisotopic (exact) mass is 290 g/mol. The Bertz CT molecular complexity index is 653. The molecule has 1 heterocycles. The molecule has 1 amide bonds. The number of para-hydroxylation sites is 1. The Morgan fingerprint density at radius 1 is 1.43 bits per heavy atom. The molecular weight excluding hydrogens is 276 g/mol. The number of carbonyl (C=O) groups is 1. The smallest absolute Gasteiger partial charge is 0.282 e. The molecule has 8 nitrogen and oxygen atoms in total. The Morgan fingerprint density at radius 2 is 2.19 bits per heavy atom. The summed E-state index contributed by atoms with van der Waals surface area (Å²) in [5.74, 6) is 0.293. The Labute approximate surface area is 120 Å². The van der Waals surface area contributed by atoms with E-state index in [4.69, 9.17) is 4.52 Å². The third kappa shape index (κ3) is 3.62. The Kier molecular flexibility index (Phi) is 4.60. The molecule has 8 heteroatoms. The fourth-order valence-corrected chi connectivity index (χ4v) is 1.76. The summed E-state index contributed by atoms with van der Waals surface area (Å²) in [4.78, 5) is 26.3. The molecule has 21 heavy (non-hydrogen) atoms. The van der Waals surface area contributed by atoms with Crippen molar-refractivity contribution in [1.82, 2.24) is 15.5 Å². The normalized spacial score (nSPS) is 10.3. The van der Waals surface area contributed by atoms with E-state index in [-0.39, 0.29) is 17.8 Å². The molecule has 0 fully saturated rings. The van der Waals surface area contributed by atoms with Gasteiger partial charge < -0.3 is 9.84 Å². The zero-order valence-electron chi connectivity index (χ0n) is 11.4. The first-order valence-electron chi connectivity index (χ1n) is 6.45. The molecule has 2 aromatic rings. The molecule has 2 rings (SSSR count). The molecule has 1 N–H and O–H groups in total. The van der Waals surface area contributed by atoms with Crippen LogP contribution in [0.5, 0.6) is 0 Å². The van der Waals surface area contributed by atoms with Gasteiger partial charge in [0.2, 0.25) is 5.89 Å². The predicted molar refractivity (Wildman–Crippen MR) is 72.6 cm³/mol. The van der Waals surface area contributed by atoms with Gasteiger partial charge in [-0.3, -0.25) is 14.9 Å². The van der Waals surface area contributed by atoms with Crippen LogP contribution in [0, 0.1) is 10.1 Å². The number of nitro benzene ring substituents is 1. The molecule has 0 unspecified atom stereocenters. The number of benzene rings is 1.